The van der Waals surface area contributed by atoms with Gasteiger partial charge in [-0.1, -0.05) is 31.5 Å². The van der Waals surface area contributed by atoms with Gasteiger partial charge >= 0.3 is 5.97 Å². The molecular formula is C18H27N3O3. The van der Waals surface area contributed by atoms with Gasteiger partial charge in [0.25, 0.3) is 0 Å². The minimum absolute atomic E-state index is 0.0477. The van der Waals surface area contributed by atoms with Crippen molar-refractivity contribution in [3.05, 3.63) is 30.3 Å². The monoisotopic (exact) mass is 333 g/mol. The average Bonchev–Trinajstić information content (AvgIpc) is 3.06. The third-order valence-electron chi connectivity index (χ3n) is 4.38. The number of aliphatic carboxylic acids is 1. The molecule has 24 heavy (non-hydrogen) atoms. The van der Waals surface area contributed by atoms with Crippen LogP contribution in [0.4, 0.5) is 5.69 Å². The summed E-state index contributed by atoms with van der Waals surface area (Å²) in [4.78, 5) is 25.3. The molecule has 0 bridgehead atoms. The van der Waals surface area contributed by atoms with E-state index >= 15 is 0 Å². The molecule has 0 aromatic heterocycles. The Morgan fingerprint density at radius 3 is 2.75 bits per heavy atom. The molecule has 1 heterocycles. The molecule has 0 aliphatic carbocycles. The third kappa shape index (κ3) is 5.53. The summed E-state index contributed by atoms with van der Waals surface area (Å²) >= 11 is 0. The number of anilines is 1. The number of carbonyl (C=O) groups excluding carboxylic acids is 1. The lowest BCUT2D eigenvalue weighted by Crippen LogP contribution is -2.44. The van der Waals surface area contributed by atoms with Gasteiger partial charge in [0.15, 0.2) is 0 Å². The quantitative estimate of drug-likeness (QED) is 0.638. The molecule has 1 aliphatic rings. The Kier molecular flexibility index (Phi) is 7.06. The summed E-state index contributed by atoms with van der Waals surface area (Å²) in [5.41, 5.74) is 1.22. The smallest absolute Gasteiger partial charge is 0.320 e. The fraction of sp³-hybridized carbons (Fsp3) is 0.556. The largest absolute Gasteiger partial charge is 0.480 e. The maximum absolute atomic E-state index is 11.9. The number of hydrogen-bond acceptors (Lipinski definition) is 4. The SMILES string of the molecule is CCCC(NCC(=O)NCC1CCN(c2ccccc2)C1)C(=O)O. The zero-order valence-corrected chi connectivity index (χ0v) is 14.2. The summed E-state index contributed by atoms with van der Waals surface area (Å²) < 4.78 is 0. The van der Waals surface area contributed by atoms with Crippen molar-refractivity contribution in [3.8, 4) is 0 Å². The predicted molar refractivity (Wildman–Crippen MR) is 94.1 cm³/mol. The predicted octanol–water partition coefficient (Wildman–Crippen LogP) is 1.47. The molecule has 2 rings (SSSR count). The van der Waals surface area contributed by atoms with E-state index in [2.05, 4.69) is 27.7 Å². The van der Waals surface area contributed by atoms with Crippen LogP contribution in [0, 0.1) is 5.92 Å². The number of carboxylic acids is 1. The van der Waals surface area contributed by atoms with Crippen molar-refractivity contribution in [1.29, 1.82) is 0 Å². The molecule has 3 N–H and O–H groups in total. The zero-order chi connectivity index (χ0) is 17.4. The fourth-order valence-electron chi connectivity index (χ4n) is 3.01. The standard InChI is InChI=1S/C18H27N3O3/c1-2-6-16(18(23)24)19-12-17(22)20-11-14-9-10-21(13-14)15-7-4-3-5-8-15/h3-5,7-8,14,16,19H,2,6,9-13H2,1H3,(H,20,22)(H,23,24). The van der Waals surface area contributed by atoms with Crippen molar-refractivity contribution in [1.82, 2.24) is 10.6 Å². The van der Waals surface area contributed by atoms with E-state index in [4.69, 9.17) is 5.11 Å². The van der Waals surface area contributed by atoms with Crippen molar-refractivity contribution >= 4 is 17.6 Å². The number of para-hydroxylation sites is 1. The summed E-state index contributed by atoms with van der Waals surface area (Å²) in [7, 11) is 0. The van der Waals surface area contributed by atoms with Gasteiger partial charge in [-0.3, -0.25) is 14.9 Å². The summed E-state index contributed by atoms with van der Waals surface area (Å²) in [6.07, 6.45) is 2.34. The molecule has 0 radical (unpaired) electrons. The summed E-state index contributed by atoms with van der Waals surface area (Å²) in [6.45, 7) is 4.55. The minimum atomic E-state index is -0.904. The lowest BCUT2D eigenvalue weighted by molar-refractivity contribution is -0.139. The molecule has 6 nitrogen and oxygen atoms in total. The Balaban J connectivity index is 1.68. The normalized spacial score (nSPS) is 18.4. The van der Waals surface area contributed by atoms with E-state index in [1.807, 2.05) is 25.1 Å². The van der Waals surface area contributed by atoms with Gasteiger partial charge in [0, 0.05) is 25.3 Å². The number of benzene rings is 1. The first kappa shape index (κ1) is 18.3. The van der Waals surface area contributed by atoms with Gasteiger partial charge in [0.2, 0.25) is 5.91 Å². The average molecular weight is 333 g/mol. The zero-order valence-electron chi connectivity index (χ0n) is 14.2. The van der Waals surface area contributed by atoms with Crippen molar-refractivity contribution < 1.29 is 14.7 Å². The van der Waals surface area contributed by atoms with Crippen molar-refractivity contribution in [2.45, 2.75) is 32.2 Å². The molecular weight excluding hydrogens is 306 g/mol. The molecule has 1 aromatic carbocycles. The Hall–Kier alpha value is -2.08. The number of amides is 1. The number of rotatable bonds is 9. The van der Waals surface area contributed by atoms with Gasteiger partial charge < -0.3 is 15.3 Å². The lowest BCUT2D eigenvalue weighted by atomic mass is 10.1. The second kappa shape index (κ2) is 9.27. The van der Waals surface area contributed by atoms with Gasteiger partial charge in [-0.25, -0.2) is 0 Å². The number of nitrogens with zero attached hydrogens (tertiary/aromatic N) is 1. The highest BCUT2D eigenvalue weighted by atomic mass is 16.4. The van der Waals surface area contributed by atoms with Crippen molar-refractivity contribution in [2.24, 2.45) is 5.92 Å². The van der Waals surface area contributed by atoms with E-state index in [0.29, 0.717) is 18.9 Å². The van der Waals surface area contributed by atoms with Crippen LogP contribution in [0.3, 0.4) is 0 Å². The first-order valence-corrected chi connectivity index (χ1v) is 8.63. The Bertz CT molecular complexity index is 536. The van der Waals surface area contributed by atoms with Gasteiger partial charge in [-0.05, 0) is 30.9 Å². The highest BCUT2D eigenvalue weighted by Gasteiger charge is 2.23. The maximum atomic E-state index is 11.9. The molecule has 2 unspecified atom stereocenters. The third-order valence-corrected chi connectivity index (χ3v) is 4.38. The highest BCUT2D eigenvalue weighted by Crippen LogP contribution is 2.22. The molecule has 6 heteroatoms. The van der Waals surface area contributed by atoms with Crippen LogP contribution in [0.2, 0.25) is 0 Å². The second-order valence-electron chi connectivity index (χ2n) is 6.30. The molecule has 1 aromatic rings. The Morgan fingerprint density at radius 2 is 2.08 bits per heavy atom. The molecule has 2 atom stereocenters. The van der Waals surface area contributed by atoms with Gasteiger partial charge in [0.1, 0.15) is 6.04 Å². The summed E-state index contributed by atoms with van der Waals surface area (Å²) in [5, 5.41) is 14.8. The van der Waals surface area contributed by atoms with Crippen LogP contribution < -0.4 is 15.5 Å². The first-order valence-electron chi connectivity index (χ1n) is 8.63. The van der Waals surface area contributed by atoms with Gasteiger partial charge in [0.05, 0.1) is 6.54 Å². The molecule has 0 spiro atoms. The molecule has 132 valence electrons. The molecule has 0 saturated carbocycles. The van der Waals surface area contributed by atoms with Crippen LogP contribution in [0.1, 0.15) is 26.2 Å². The second-order valence-corrected chi connectivity index (χ2v) is 6.30. The van der Waals surface area contributed by atoms with E-state index in [1.54, 1.807) is 0 Å². The van der Waals surface area contributed by atoms with Crippen LogP contribution in [0.5, 0.6) is 0 Å². The van der Waals surface area contributed by atoms with Crippen LogP contribution in [0.15, 0.2) is 30.3 Å². The number of carboxylic acid groups (broad SMARTS) is 1. The minimum Gasteiger partial charge on any atom is -0.480 e. The van der Waals surface area contributed by atoms with E-state index < -0.39 is 12.0 Å². The number of nitrogens with one attached hydrogen (secondary N) is 2. The van der Waals surface area contributed by atoms with E-state index in [-0.39, 0.29) is 12.5 Å². The first-order chi connectivity index (χ1) is 11.6. The van der Waals surface area contributed by atoms with E-state index in [9.17, 15) is 9.59 Å². The Labute approximate surface area is 143 Å². The van der Waals surface area contributed by atoms with Crippen LogP contribution in [-0.2, 0) is 9.59 Å². The molecule has 1 fully saturated rings. The van der Waals surface area contributed by atoms with Crippen molar-refractivity contribution in [2.75, 3.05) is 31.1 Å². The lowest BCUT2D eigenvalue weighted by Gasteiger charge is -2.19. The van der Waals surface area contributed by atoms with Crippen LogP contribution in [0.25, 0.3) is 0 Å². The van der Waals surface area contributed by atoms with Crippen LogP contribution >= 0.6 is 0 Å². The number of hydrogen-bond donors (Lipinski definition) is 3. The van der Waals surface area contributed by atoms with Gasteiger partial charge in [-0.2, -0.15) is 0 Å². The number of carbonyl (C=O) groups is 2. The van der Waals surface area contributed by atoms with Crippen molar-refractivity contribution in [3.63, 3.8) is 0 Å². The van der Waals surface area contributed by atoms with Gasteiger partial charge in [-0.15, -0.1) is 0 Å². The molecule has 1 amide bonds. The maximum Gasteiger partial charge on any atom is 0.320 e. The van der Waals surface area contributed by atoms with E-state index in [0.717, 1.165) is 25.9 Å². The molecule has 1 saturated heterocycles. The molecule has 1 aliphatic heterocycles. The topological polar surface area (TPSA) is 81.7 Å². The Morgan fingerprint density at radius 1 is 1.33 bits per heavy atom. The fourth-order valence-corrected chi connectivity index (χ4v) is 3.01. The van der Waals surface area contributed by atoms with Crippen LogP contribution in [-0.4, -0.2) is 49.2 Å². The summed E-state index contributed by atoms with van der Waals surface area (Å²) in [6, 6.07) is 9.62. The summed E-state index contributed by atoms with van der Waals surface area (Å²) in [5.74, 6) is -0.616. The van der Waals surface area contributed by atoms with E-state index in [1.165, 1.54) is 5.69 Å². The highest BCUT2D eigenvalue weighted by molar-refractivity contribution is 5.79.